The summed E-state index contributed by atoms with van der Waals surface area (Å²) in [6.45, 7) is 4.15. The Labute approximate surface area is 156 Å². The summed E-state index contributed by atoms with van der Waals surface area (Å²) in [7, 11) is 0. The molecule has 27 heavy (non-hydrogen) atoms. The Bertz CT molecular complexity index is 819. The molecule has 2 amide bonds. The molecule has 0 aromatic carbocycles. The van der Waals surface area contributed by atoms with Crippen LogP contribution < -0.4 is 5.32 Å². The molecule has 8 nitrogen and oxygen atoms in total. The fraction of sp³-hybridized carbons (Fsp3) is 0.474. The lowest BCUT2D eigenvalue weighted by atomic mass is 9.82. The molecule has 1 N–H and O–H groups in total. The van der Waals surface area contributed by atoms with Gasteiger partial charge in [-0.2, -0.15) is 0 Å². The number of aryl methyl sites for hydroxylation is 1. The lowest BCUT2D eigenvalue weighted by Gasteiger charge is -2.52. The fourth-order valence-corrected chi connectivity index (χ4v) is 3.60. The third-order valence-electron chi connectivity index (χ3n) is 5.28. The van der Waals surface area contributed by atoms with E-state index in [9.17, 15) is 9.59 Å². The molecule has 2 fully saturated rings. The topological polar surface area (TPSA) is 97.6 Å². The molecular formula is C19H22N4O4. The molecule has 2 aromatic heterocycles. The summed E-state index contributed by atoms with van der Waals surface area (Å²) in [6.07, 6.45) is 7.83. The molecule has 2 aliphatic rings. The summed E-state index contributed by atoms with van der Waals surface area (Å²) >= 11 is 0. The van der Waals surface area contributed by atoms with Gasteiger partial charge < -0.3 is 19.4 Å². The summed E-state index contributed by atoms with van der Waals surface area (Å²) in [6, 6.07) is 1.79. The minimum absolute atomic E-state index is 0.0786. The van der Waals surface area contributed by atoms with E-state index in [1.165, 1.54) is 24.9 Å². The van der Waals surface area contributed by atoms with Crippen molar-refractivity contribution >= 4 is 11.8 Å². The normalized spacial score (nSPS) is 20.9. The van der Waals surface area contributed by atoms with E-state index >= 15 is 0 Å². The van der Waals surface area contributed by atoms with Gasteiger partial charge in [-0.25, -0.2) is 4.98 Å². The van der Waals surface area contributed by atoms with Crippen LogP contribution in [0.4, 0.5) is 0 Å². The smallest absolute Gasteiger partial charge is 0.290 e. The number of ether oxygens (including phenoxy) is 1. The summed E-state index contributed by atoms with van der Waals surface area (Å²) in [5.74, 6) is 0.362. The van der Waals surface area contributed by atoms with Crippen molar-refractivity contribution in [3.05, 3.63) is 47.9 Å². The maximum atomic E-state index is 12.4. The molecule has 1 spiro atoms. The Morgan fingerprint density at radius 1 is 1.37 bits per heavy atom. The first-order valence-electron chi connectivity index (χ1n) is 9.08. The first-order chi connectivity index (χ1) is 13.1. The molecule has 0 aliphatic carbocycles. The molecule has 2 aromatic rings. The van der Waals surface area contributed by atoms with E-state index in [0.29, 0.717) is 37.7 Å². The zero-order valence-corrected chi connectivity index (χ0v) is 15.2. The number of rotatable bonds is 4. The highest BCUT2D eigenvalue weighted by atomic mass is 16.5. The molecule has 0 bridgehead atoms. The average molecular weight is 370 g/mol. The molecule has 2 aliphatic heterocycles. The van der Waals surface area contributed by atoms with E-state index in [2.05, 4.69) is 15.3 Å². The lowest BCUT2D eigenvalue weighted by Crippen LogP contribution is -2.66. The number of hydrogen-bond acceptors (Lipinski definition) is 6. The van der Waals surface area contributed by atoms with Crippen molar-refractivity contribution in [3.63, 3.8) is 0 Å². The molecule has 142 valence electrons. The van der Waals surface area contributed by atoms with Gasteiger partial charge in [0.1, 0.15) is 11.3 Å². The minimum atomic E-state index is -0.248. The van der Waals surface area contributed by atoms with Gasteiger partial charge in [0.25, 0.3) is 11.8 Å². The summed E-state index contributed by atoms with van der Waals surface area (Å²) in [4.78, 5) is 34.1. The van der Waals surface area contributed by atoms with Gasteiger partial charge >= 0.3 is 0 Å². The molecular weight excluding hydrogens is 348 g/mol. The quantitative estimate of drug-likeness (QED) is 0.874. The number of carbonyl (C=O) groups excluding carboxylic acids is 2. The van der Waals surface area contributed by atoms with Crippen molar-refractivity contribution in [2.75, 3.05) is 26.2 Å². The van der Waals surface area contributed by atoms with E-state index in [-0.39, 0.29) is 23.3 Å². The van der Waals surface area contributed by atoms with Gasteiger partial charge in [0, 0.05) is 24.5 Å². The molecule has 2 saturated heterocycles. The fourth-order valence-electron chi connectivity index (χ4n) is 3.60. The Kier molecular flexibility index (Phi) is 4.65. The number of amides is 2. The summed E-state index contributed by atoms with van der Waals surface area (Å²) in [5.41, 5.74) is 0.915. The predicted octanol–water partition coefficient (Wildman–Crippen LogP) is 1.43. The number of hydrogen-bond donors (Lipinski definition) is 1. The van der Waals surface area contributed by atoms with E-state index in [4.69, 9.17) is 9.15 Å². The van der Waals surface area contributed by atoms with E-state index in [0.717, 1.165) is 18.4 Å². The maximum absolute atomic E-state index is 12.4. The maximum Gasteiger partial charge on any atom is 0.290 e. The zero-order valence-electron chi connectivity index (χ0n) is 15.2. The molecule has 1 unspecified atom stereocenters. The van der Waals surface area contributed by atoms with Crippen LogP contribution in [-0.2, 0) is 4.74 Å². The van der Waals surface area contributed by atoms with Gasteiger partial charge in [0.2, 0.25) is 0 Å². The van der Waals surface area contributed by atoms with Gasteiger partial charge in [-0.3, -0.25) is 14.6 Å². The van der Waals surface area contributed by atoms with E-state index in [1.54, 1.807) is 11.0 Å². The molecule has 4 rings (SSSR count). The number of likely N-dealkylation sites (tertiary alicyclic amines) is 1. The first-order valence-corrected chi connectivity index (χ1v) is 9.08. The van der Waals surface area contributed by atoms with Gasteiger partial charge in [0.15, 0.2) is 5.76 Å². The van der Waals surface area contributed by atoms with Gasteiger partial charge in [-0.15, -0.1) is 0 Å². The Hall–Kier alpha value is -2.74. The molecule has 0 saturated carbocycles. The standard InChI is InChI=1S/C19H22N4O4/c1-13-3-7-26-16(13)18(25)23-11-19(12-23)4-2-14(10-27-19)8-22-17(24)15-9-20-5-6-21-15/h3,5-7,9,14H,2,4,8,10-12H2,1H3,(H,22,24). The van der Waals surface area contributed by atoms with Crippen molar-refractivity contribution in [1.82, 2.24) is 20.2 Å². The van der Waals surface area contributed by atoms with Crippen LogP contribution in [0.5, 0.6) is 0 Å². The van der Waals surface area contributed by atoms with Crippen molar-refractivity contribution in [3.8, 4) is 0 Å². The van der Waals surface area contributed by atoms with Crippen LogP contribution >= 0.6 is 0 Å². The number of nitrogens with one attached hydrogen (secondary N) is 1. The second-order valence-corrected chi connectivity index (χ2v) is 7.29. The first kappa shape index (κ1) is 17.7. The van der Waals surface area contributed by atoms with Crippen molar-refractivity contribution < 1.29 is 18.7 Å². The SMILES string of the molecule is Cc1ccoc1C(=O)N1CC2(CCC(CNC(=O)c3cnccn3)CO2)C1. The second-order valence-electron chi connectivity index (χ2n) is 7.29. The van der Waals surface area contributed by atoms with Crippen LogP contribution in [0.25, 0.3) is 0 Å². The Morgan fingerprint density at radius 2 is 2.22 bits per heavy atom. The third-order valence-corrected chi connectivity index (χ3v) is 5.28. The zero-order chi connectivity index (χ0) is 18.9. The third kappa shape index (κ3) is 3.57. The van der Waals surface area contributed by atoms with E-state index in [1.807, 2.05) is 6.92 Å². The number of nitrogens with zero attached hydrogens (tertiary/aromatic N) is 3. The average Bonchev–Trinajstić information content (AvgIpc) is 3.11. The highest BCUT2D eigenvalue weighted by Crippen LogP contribution is 2.36. The molecule has 1 atom stereocenters. The van der Waals surface area contributed by atoms with Crippen LogP contribution in [0.3, 0.4) is 0 Å². The molecule has 0 radical (unpaired) electrons. The monoisotopic (exact) mass is 370 g/mol. The van der Waals surface area contributed by atoms with Crippen molar-refractivity contribution in [2.24, 2.45) is 5.92 Å². The van der Waals surface area contributed by atoms with Crippen molar-refractivity contribution in [1.29, 1.82) is 0 Å². The van der Waals surface area contributed by atoms with Gasteiger partial charge in [-0.05, 0) is 31.7 Å². The van der Waals surface area contributed by atoms with Crippen LogP contribution in [0, 0.1) is 12.8 Å². The second kappa shape index (κ2) is 7.11. The van der Waals surface area contributed by atoms with Crippen LogP contribution in [0.15, 0.2) is 35.3 Å². The van der Waals surface area contributed by atoms with Crippen LogP contribution in [-0.4, -0.2) is 58.5 Å². The largest absolute Gasteiger partial charge is 0.459 e. The minimum Gasteiger partial charge on any atom is -0.459 e. The number of furan rings is 1. The number of carbonyl (C=O) groups is 2. The lowest BCUT2D eigenvalue weighted by molar-refractivity contribution is -0.166. The Balaban J connectivity index is 1.23. The number of aromatic nitrogens is 2. The highest BCUT2D eigenvalue weighted by Gasteiger charge is 2.49. The molecule has 4 heterocycles. The van der Waals surface area contributed by atoms with Gasteiger partial charge in [0.05, 0.1) is 32.2 Å². The van der Waals surface area contributed by atoms with Crippen LogP contribution in [0.1, 0.15) is 39.4 Å². The van der Waals surface area contributed by atoms with Crippen molar-refractivity contribution in [2.45, 2.75) is 25.4 Å². The summed E-state index contributed by atoms with van der Waals surface area (Å²) in [5, 5.41) is 2.89. The van der Waals surface area contributed by atoms with Gasteiger partial charge in [-0.1, -0.05) is 0 Å². The van der Waals surface area contributed by atoms with E-state index < -0.39 is 0 Å². The summed E-state index contributed by atoms with van der Waals surface area (Å²) < 4.78 is 11.4. The van der Waals surface area contributed by atoms with Crippen LogP contribution in [0.2, 0.25) is 0 Å². The predicted molar refractivity (Wildman–Crippen MR) is 95.1 cm³/mol. The molecule has 8 heteroatoms. The Morgan fingerprint density at radius 3 is 2.85 bits per heavy atom. The highest BCUT2D eigenvalue weighted by molar-refractivity contribution is 5.93.